The predicted molar refractivity (Wildman–Crippen MR) is 58.7 cm³/mol. The van der Waals surface area contributed by atoms with Crippen molar-refractivity contribution in [1.29, 1.82) is 0 Å². The Labute approximate surface area is 88.3 Å². The minimum Gasteiger partial charge on any atom is -0.481 e. The van der Waals surface area contributed by atoms with Gasteiger partial charge in [-0.3, -0.25) is 4.79 Å². The van der Waals surface area contributed by atoms with Crippen LogP contribution in [0.4, 0.5) is 0 Å². The van der Waals surface area contributed by atoms with Gasteiger partial charge in [0.1, 0.15) is 5.58 Å². The van der Waals surface area contributed by atoms with E-state index < -0.39 is 5.97 Å². The molecule has 1 aromatic heterocycles. The van der Waals surface area contributed by atoms with E-state index in [1.54, 1.807) is 20.1 Å². The van der Waals surface area contributed by atoms with E-state index >= 15 is 0 Å². The highest BCUT2D eigenvalue weighted by atomic mass is 16.4. The van der Waals surface area contributed by atoms with E-state index in [-0.39, 0.29) is 5.92 Å². The number of benzene rings is 1. The van der Waals surface area contributed by atoms with E-state index in [9.17, 15) is 4.79 Å². The van der Waals surface area contributed by atoms with E-state index in [0.29, 0.717) is 0 Å². The maximum Gasteiger partial charge on any atom is 0.305 e. The highest BCUT2D eigenvalue weighted by molar-refractivity contribution is 5.76. The number of aliphatic carboxylic acids is 1. The van der Waals surface area contributed by atoms with Crippen molar-refractivity contribution >= 4 is 16.9 Å². The fourth-order valence-corrected chi connectivity index (χ4v) is 0.906. The number of hydrogen-bond donors (Lipinski definition) is 1. The number of carboxylic acids is 1. The Bertz CT molecular complexity index is 399. The van der Waals surface area contributed by atoms with Crippen molar-refractivity contribution in [2.75, 3.05) is 0 Å². The summed E-state index contributed by atoms with van der Waals surface area (Å²) < 4.78 is 5.12. The molecule has 3 heteroatoms. The molecule has 0 spiro atoms. The van der Waals surface area contributed by atoms with Crippen molar-refractivity contribution in [3.63, 3.8) is 0 Å². The summed E-state index contributed by atoms with van der Waals surface area (Å²) in [5.41, 5.74) is 0.956. The molecule has 0 aliphatic carbocycles. The Morgan fingerprint density at radius 2 is 1.87 bits per heavy atom. The molecule has 0 unspecified atom stereocenters. The van der Waals surface area contributed by atoms with Crippen molar-refractivity contribution in [1.82, 2.24) is 0 Å². The number of rotatable bonds is 1. The van der Waals surface area contributed by atoms with Crippen LogP contribution in [0, 0.1) is 5.92 Å². The van der Waals surface area contributed by atoms with Gasteiger partial charge in [0.25, 0.3) is 0 Å². The summed E-state index contributed by atoms with van der Waals surface area (Å²) in [7, 11) is 0. The molecule has 1 aromatic carbocycles. The monoisotopic (exact) mass is 206 g/mol. The van der Waals surface area contributed by atoms with E-state index in [2.05, 4.69) is 0 Å². The molecule has 3 nitrogen and oxygen atoms in total. The molecular formula is C12H14O3. The van der Waals surface area contributed by atoms with Gasteiger partial charge in [0.2, 0.25) is 0 Å². The highest BCUT2D eigenvalue weighted by Crippen LogP contribution is 2.12. The van der Waals surface area contributed by atoms with Crippen molar-refractivity contribution in [2.45, 2.75) is 13.8 Å². The van der Waals surface area contributed by atoms with Crippen LogP contribution in [0.5, 0.6) is 0 Å². The third-order valence-corrected chi connectivity index (χ3v) is 1.86. The second-order valence-corrected chi connectivity index (χ2v) is 3.45. The minimum absolute atomic E-state index is 0.231. The molecule has 0 saturated carbocycles. The zero-order valence-electron chi connectivity index (χ0n) is 8.81. The van der Waals surface area contributed by atoms with Crippen LogP contribution in [-0.4, -0.2) is 11.1 Å². The van der Waals surface area contributed by atoms with Crippen LogP contribution in [0.2, 0.25) is 0 Å². The first-order chi connectivity index (χ1) is 7.11. The third-order valence-electron chi connectivity index (χ3n) is 1.86. The van der Waals surface area contributed by atoms with Crippen molar-refractivity contribution in [3.8, 4) is 0 Å². The van der Waals surface area contributed by atoms with Gasteiger partial charge in [0.15, 0.2) is 0 Å². The average Bonchev–Trinajstić information content (AvgIpc) is 2.66. The Kier molecular flexibility index (Phi) is 3.92. The molecule has 0 bridgehead atoms. The summed E-state index contributed by atoms with van der Waals surface area (Å²) in [4.78, 5) is 9.70. The van der Waals surface area contributed by atoms with Gasteiger partial charge in [-0.15, -0.1) is 0 Å². The quantitative estimate of drug-likeness (QED) is 0.779. The second-order valence-electron chi connectivity index (χ2n) is 3.45. The Hall–Kier alpha value is -1.77. The fourth-order valence-electron chi connectivity index (χ4n) is 0.906. The fraction of sp³-hybridized carbons (Fsp3) is 0.250. The van der Waals surface area contributed by atoms with E-state index in [1.165, 1.54) is 0 Å². The number of carbonyl (C=O) groups is 1. The lowest BCUT2D eigenvalue weighted by Crippen LogP contribution is -2.03. The molecular weight excluding hydrogens is 192 g/mol. The Morgan fingerprint density at radius 1 is 1.27 bits per heavy atom. The van der Waals surface area contributed by atoms with Gasteiger partial charge in [0.05, 0.1) is 12.2 Å². The van der Waals surface area contributed by atoms with E-state index in [1.807, 2.05) is 30.3 Å². The van der Waals surface area contributed by atoms with Gasteiger partial charge >= 0.3 is 5.97 Å². The zero-order valence-corrected chi connectivity index (χ0v) is 8.81. The van der Waals surface area contributed by atoms with E-state index in [0.717, 1.165) is 11.0 Å². The number of furan rings is 1. The summed E-state index contributed by atoms with van der Waals surface area (Å²) >= 11 is 0. The largest absolute Gasteiger partial charge is 0.481 e. The smallest absolute Gasteiger partial charge is 0.305 e. The van der Waals surface area contributed by atoms with Crippen molar-refractivity contribution in [3.05, 3.63) is 36.6 Å². The molecule has 1 N–H and O–H groups in total. The molecule has 0 radical (unpaired) electrons. The molecule has 2 aromatic rings. The summed E-state index contributed by atoms with van der Waals surface area (Å²) in [6.45, 7) is 3.28. The van der Waals surface area contributed by atoms with Gasteiger partial charge in [-0.1, -0.05) is 32.0 Å². The lowest BCUT2D eigenvalue weighted by molar-refractivity contribution is -0.140. The molecule has 2 rings (SSSR count). The number of fused-ring (bicyclic) bond motifs is 1. The Morgan fingerprint density at radius 3 is 2.40 bits per heavy atom. The predicted octanol–water partition coefficient (Wildman–Crippen LogP) is 3.16. The molecule has 15 heavy (non-hydrogen) atoms. The van der Waals surface area contributed by atoms with Crippen LogP contribution in [-0.2, 0) is 4.79 Å². The molecule has 0 aliphatic heterocycles. The van der Waals surface area contributed by atoms with Crippen LogP contribution in [0.15, 0.2) is 41.0 Å². The molecule has 0 fully saturated rings. The second kappa shape index (κ2) is 5.20. The van der Waals surface area contributed by atoms with Crippen LogP contribution in [0.1, 0.15) is 13.8 Å². The Balaban J connectivity index is 0.000000167. The SMILES string of the molecule is CC(C)C(=O)O.c1ccc2occc2c1. The summed E-state index contributed by atoms with van der Waals surface area (Å²) in [6.07, 6.45) is 1.70. The first-order valence-corrected chi connectivity index (χ1v) is 4.76. The van der Waals surface area contributed by atoms with Gasteiger partial charge in [-0.25, -0.2) is 0 Å². The van der Waals surface area contributed by atoms with Gasteiger partial charge in [0, 0.05) is 5.39 Å². The number of hydrogen-bond acceptors (Lipinski definition) is 2. The number of carboxylic acid groups (broad SMARTS) is 1. The molecule has 1 heterocycles. The van der Waals surface area contributed by atoms with Crippen molar-refractivity contribution < 1.29 is 14.3 Å². The molecule has 0 saturated heterocycles. The van der Waals surface area contributed by atoms with Crippen LogP contribution in [0.25, 0.3) is 11.0 Å². The number of para-hydroxylation sites is 1. The maximum absolute atomic E-state index is 9.70. The maximum atomic E-state index is 9.70. The lowest BCUT2D eigenvalue weighted by atomic mass is 10.2. The van der Waals surface area contributed by atoms with Gasteiger partial charge < -0.3 is 9.52 Å². The summed E-state index contributed by atoms with van der Waals surface area (Å²) in [6, 6.07) is 9.90. The standard InChI is InChI=1S/C8H6O.C4H8O2/c1-2-4-8-7(3-1)5-6-9-8;1-3(2)4(5)6/h1-6H;3H,1-2H3,(H,5,6). The van der Waals surface area contributed by atoms with Gasteiger partial charge in [-0.2, -0.15) is 0 Å². The van der Waals surface area contributed by atoms with Gasteiger partial charge in [-0.05, 0) is 12.1 Å². The first-order valence-electron chi connectivity index (χ1n) is 4.76. The molecule has 80 valence electrons. The molecule has 0 aliphatic rings. The molecule has 0 atom stereocenters. The first kappa shape index (κ1) is 11.3. The topological polar surface area (TPSA) is 50.4 Å². The van der Waals surface area contributed by atoms with Crippen LogP contribution < -0.4 is 0 Å². The normalized spacial score (nSPS) is 9.80. The summed E-state index contributed by atoms with van der Waals surface area (Å²) in [5, 5.41) is 9.16. The zero-order chi connectivity index (χ0) is 11.3. The minimum atomic E-state index is -0.741. The third kappa shape index (κ3) is 3.46. The van der Waals surface area contributed by atoms with Crippen LogP contribution in [0.3, 0.4) is 0 Å². The molecule has 0 amide bonds. The van der Waals surface area contributed by atoms with Crippen LogP contribution >= 0.6 is 0 Å². The highest BCUT2D eigenvalue weighted by Gasteiger charge is 1.99. The lowest BCUT2D eigenvalue weighted by Gasteiger charge is -1.89. The summed E-state index contributed by atoms with van der Waals surface area (Å²) in [5.74, 6) is -0.972. The van der Waals surface area contributed by atoms with Crippen molar-refractivity contribution in [2.24, 2.45) is 5.92 Å². The van der Waals surface area contributed by atoms with E-state index in [4.69, 9.17) is 9.52 Å². The average molecular weight is 206 g/mol.